The number of aromatic nitrogens is 2. The number of hydrogen-bond donors (Lipinski definition) is 1. The Morgan fingerprint density at radius 3 is 2.59 bits per heavy atom. The van der Waals surface area contributed by atoms with E-state index < -0.39 is 0 Å². The van der Waals surface area contributed by atoms with Gasteiger partial charge in [0.25, 0.3) is 5.91 Å². The highest BCUT2D eigenvalue weighted by molar-refractivity contribution is 9.10. The van der Waals surface area contributed by atoms with Gasteiger partial charge in [0.2, 0.25) is 0 Å². The lowest BCUT2D eigenvalue weighted by atomic mass is 10.2. The van der Waals surface area contributed by atoms with E-state index in [1.54, 1.807) is 35.1 Å². The van der Waals surface area contributed by atoms with Crippen molar-refractivity contribution in [2.75, 3.05) is 5.32 Å². The first kappa shape index (κ1) is 14.8. The van der Waals surface area contributed by atoms with Gasteiger partial charge in [0.05, 0.1) is 16.4 Å². The van der Waals surface area contributed by atoms with Gasteiger partial charge in [0.1, 0.15) is 0 Å². The Bertz CT molecular complexity index is 801. The number of benzene rings is 2. The van der Waals surface area contributed by atoms with Crippen LogP contribution in [0.25, 0.3) is 5.69 Å². The molecule has 0 atom stereocenters. The number of nitrogens with one attached hydrogen (secondary N) is 1. The maximum Gasteiger partial charge on any atom is 0.255 e. The van der Waals surface area contributed by atoms with Crippen LogP contribution in [0, 0.1) is 0 Å². The van der Waals surface area contributed by atoms with Gasteiger partial charge in [-0.15, -0.1) is 0 Å². The van der Waals surface area contributed by atoms with Crippen LogP contribution in [0.3, 0.4) is 0 Å². The molecule has 3 rings (SSSR count). The van der Waals surface area contributed by atoms with Crippen LogP contribution in [0.1, 0.15) is 10.4 Å². The second-order valence-corrected chi connectivity index (χ2v) is 5.90. The van der Waals surface area contributed by atoms with E-state index in [-0.39, 0.29) is 5.91 Å². The quantitative estimate of drug-likeness (QED) is 0.729. The molecule has 0 radical (unpaired) electrons. The minimum absolute atomic E-state index is 0.212. The Labute approximate surface area is 140 Å². The molecule has 0 saturated carbocycles. The second kappa shape index (κ2) is 6.34. The molecule has 0 aliphatic rings. The van der Waals surface area contributed by atoms with Gasteiger partial charge in [-0.05, 0) is 48.5 Å². The molecule has 22 heavy (non-hydrogen) atoms. The summed E-state index contributed by atoms with van der Waals surface area (Å²) in [5, 5.41) is 7.42. The third kappa shape index (κ3) is 3.21. The third-order valence-electron chi connectivity index (χ3n) is 3.08. The lowest BCUT2D eigenvalue weighted by Crippen LogP contribution is -2.12. The molecule has 1 N–H and O–H groups in total. The predicted octanol–water partition coefficient (Wildman–Crippen LogP) is 4.54. The second-order valence-electron chi connectivity index (χ2n) is 4.58. The topological polar surface area (TPSA) is 46.9 Å². The lowest BCUT2D eigenvalue weighted by Gasteiger charge is -2.08. The van der Waals surface area contributed by atoms with Gasteiger partial charge in [-0.25, -0.2) is 4.68 Å². The molecule has 0 bridgehead atoms. The number of halogens is 2. The molecule has 4 nitrogen and oxygen atoms in total. The summed E-state index contributed by atoms with van der Waals surface area (Å²) in [7, 11) is 0. The first-order chi connectivity index (χ1) is 10.6. The summed E-state index contributed by atoms with van der Waals surface area (Å²) in [5.74, 6) is -0.212. The van der Waals surface area contributed by atoms with Gasteiger partial charge in [0, 0.05) is 22.4 Å². The number of hydrogen-bond acceptors (Lipinski definition) is 2. The highest BCUT2D eigenvalue weighted by Crippen LogP contribution is 2.26. The number of anilines is 1. The van der Waals surface area contributed by atoms with E-state index in [4.69, 9.17) is 11.6 Å². The zero-order valence-electron chi connectivity index (χ0n) is 11.3. The van der Waals surface area contributed by atoms with Crippen molar-refractivity contribution in [3.05, 3.63) is 76.0 Å². The highest BCUT2D eigenvalue weighted by Gasteiger charge is 2.09. The summed E-state index contributed by atoms with van der Waals surface area (Å²) in [6, 6.07) is 14.3. The van der Waals surface area contributed by atoms with Gasteiger partial charge in [-0.2, -0.15) is 5.10 Å². The minimum atomic E-state index is -0.212. The van der Waals surface area contributed by atoms with Gasteiger partial charge in [-0.1, -0.05) is 27.5 Å². The van der Waals surface area contributed by atoms with Crippen LogP contribution in [0.5, 0.6) is 0 Å². The molecule has 0 saturated heterocycles. The SMILES string of the molecule is O=C(Nc1ccc(Br)cc1Cl)c1ccc(-n2cccn2)cc1. The fourth-order valence-electron chi connectivity index (χ4n) is 1.97. The Hall–Kier alpha value is -2.11. The van der Waals surface area contributed by atoms with Gasteiger partial charge in [-0.3, -0.25) is 4.79 Å². The number of carbonyl (C=O) groups is 1. The average Bonchev–Trinajstić information content (AvgIpc) is 3.04. The maximum atomic E-state index is 12.2. The van der Waals surface area contributed by atoms with Crippen LogP contribution in [-0.2, 0) is 0 Å². The van der Waals surface area contributed by atoms with Crippen molar-refractivity contribution in [3.8, 4) is 5.69 Å². The van der Waals surface area contributed by atoms with Crippen LogP contribution in [0.2, 0.25) is 5.02 Å². The fourth-order valence-corrected chi connectivity index (χ4v) is 2.69. The van der Waals surface area contributed by atoms with Crippen LogP contribution >= 0.6 is 27.5 Å². The van der Waals surface area contributed by atoms with E-state index >= 15 is 0 Å². The zero-order chi connectivity index (χ0) is 15.5. The van der Waals surface area contributed by atoms with Crippen LogP contribution in [0.15, 0.2) is 65.4 Å². The summed E-state index contributed by atoms with van der Waals surface area (Å²) in [6.07, 6.45) is 3.55. The van der Waals surface area contributed by atoms with E-state index in [0.29, 0.717) is 16.3 Å². The maximum absolute atomic E-state index is 12.2. The van der Waals surface area contributed by atoms with Crippen LogP contribution in [0.4, 0.5) is 5.69 Å². The predicted molar refractivity (Wildman–Crippen MR) is 90.7 cm³/mol. The van der Waals surface area contributed by atoms with Crippen molar-refractivity contribution in [3.63, 3.8) is 0 Å². The van der Waals surface area contributed by atoms with Crippen LogP contribution in [-0.4, -0.2) is 15.7 Å². The van der Waals surface area contributed by atoms with Gasteiger partial charge in [0.15, 0.2) is 0 Å². The number of amides is 1. The summed E-state index contributed by atoms with van der Waals surface area (Å²) in [4.78, 5) is 12.2. The number of rotatable bonds is 3. The van der Waals surface area contributed by atoms with Gasteiger partial charge >= 0.3 is 0 Å². The molecular weight excluding hydrogens is 366 g/mol. The van der Waals surface area contributed by atoms with Crippen molar-refractivity contribution in [2.24, 2.45) is 0 Å². The third-order valence-corrected chi connectivity index (χ3v) is 3.88. The van der Waals surface area contributed by atoms with Crippen molar-refractivity contribution < 1.29 is 4.79 Å². The molecule has 6 heteroatoms. The lowest BCUT2D eigenvalue weighted by molar-refractivity contribution is 0.102. The molecule has 110 valence electrons. The Morgan fingerprint density at radius 2 is 1.95 bits per heavy atom. The molecule has 1 aromatic heterocycles. The molecular formula is C16H11BrClN3O. The molecule has 0 unspecified atom stereocenters. The first-order valence-electron chi connectivity index (χ1n) is 6.50. The Kier molecular flexibility index (Phi) is 4.27. The molecule has 0 aliphatic heterocycles. The summed E-state index contributed by atoms with van der Waals surface area (Å²) < 4.78 is 2.59. The first-order valence-corrected chi connectivity index (χ1v) is 7.67. The van der Waals surface area contributed by atoms with Gasteiger partial charge < -0.3 is 5.32 Å². The molecule has 0 aliphatic carbocycles. The largest absolute Gasteiger partial charge is 0.321 e. The summed E-state index contributed by atoms with van der Waals surface area (Å²) in [6.45, 7) is 0. The smallest absolute Gasteiger partial charge is 0.255 e. The summed E-state index contributed by atoms with van der Waals surface area (Å²) in [5.41, 5.74) is 2.02. The van der Waals surface area contributed by atoms with E-state index in [0.717, 1.165) is 10.2 Å². The molecule has 1 heterocycles. The zero-order valence-corrected chi connectivity index (χ0v) is 13.7. The number of nitrogens with zero attached hydrogens (tertiary/aromatic N) is 2. The normalized spacial score (nSPS) is 10.5. The van der Waals surface area contributed by atoms with Crippen LogP contribution < -0.4 is 5.32 Å². The Balaban J connectivity index is 1.77. The number of carbonyl (C=O) groups excluding carboxylic acids is 1. The fraction of sp³-hybridized carbons (Fsp3) is 0. The molecule has 0 spiro atoms. The Morgan fingerprint density at radius 1 is 1.18 bits per heavy atom. The summed E-state index contributed by atoms with van der Waals surface area (Å²) >= 11 is 9.43. The van der Waals surface area contributed by atoms with E-state index in [1.807, 2.05) is 30.5 Å². The molecule has 3 aromatic rings. The highest BCUT2D eigenvalue weighted by atomic mass is 79.9. The molecule has 0 fully saturated rings. The van der Waals surface area contributed by atoms with E-state index in [9.17, 15) is 4.79 Å². The standard InChI is InChI=1S/C16H11BrClN3O/c17-12-4-7-15(14(18)10-12)20-16(22)11-2-5-13(6-3-11)21-9-1-8-19-21/h1-10H,(H,20,22). The monoisotopic (exact) mass is 375 g/mol. The van der Waals surface area contributed by atoms with E-state index in [1.165, 1.54) is 0 Å². The molecule has 1 amide bonds. The average molecular weight is 377 g/mol. The van der Waals surface area contributed by atoms with Crippen molar-refractivity contribution in [1.82, 2.24) is 9.78 Å². The van der Waals surface area contributed by atoms with Crippen molar-refractivity contribution in [2.45, 2.75) is 0 Å². The van der Waals surface area contributed by atoms with E-state index in [2.05, 4.69) is 26.3 Å². The molecule has 2 aromatic carbocycles. The minimum Gasteiger partial charge on any atom is -0.321 e. The van der Waals surface area contributed by atoms with Crippen molar-refractivity contribution >= 4 is 39.1 Å². The van der Waals surface area contributed by atoms with Crippen molar-refractivity contribution in [1.29, 1.82) is 0 Å².